The summed E-state index contributed by atoms with van der Waals surface area (Å²) in [7, 11) is 0. The van der Waals surface area contributed by atoms with Gasteiger partial charge in [0.1, 0.15) is 11.9 Å². The molecule has 0 saturated heterocycles. The van der Waals surface area contributed by atoms with Crippen LogP contribution in [0.25, 0.3) is 60.5 Å². The largest absolute Gasteiger partial charge is 0.484 e. The van der Waals surface area contributed by atoms with Crippen molar-refractivity contribution in [3.63, 3.8) is 0 Å². The number of hydrogen-bond acceptors (Lipinski definition) is 3. The third-order valence-electron chi connectivity index (χ3n) is 10.4. The molecule has 0 spiro atoms. The molecule has 1 unspecified atom stereocenters. The molecule has 1 aliphatic heterocycles. The van der Waals surface area contributed by atoms with Crippen molar-refractivity contribution in [1.29, 1.82) is 0 Å². The molecular formula is C46H32N2O. The van der Waals surface area contributed by atoms with Crippen LogP contribution in [0, 0.1) is 0 Å². The lowest BCUT2D eigenvalue weighted by atomic mass is 9.86. The van der Waals surface area contributed by atoms with E-state index < -0.39 is 0 Å². The van der Waals surface area contributed by atoms with E-state index in [1.165, 1.54) is 38.6 Å². The van der Waals surface area contributed by atoms with Crippen molar-refractivity contribution in [3.05, 3.63) is 181 Å². The molecule has 0 N–H and O–H groups in total. The fourth-order valence-electron chi connectivity index (χ4n) is 7.96. The third kappa shape index (κ3) is 4.65. The SMILES string of the molecule is C1=CC2c3cccc(-c4cccc(C5=C[C@H](c6cccc(-c7cnc8c9ccccc9c9ccccc9c8n7)c6)CC=C5)c4)c3O[C@@H]2C=C1. The fraction of sp³-hybridized carbons (Fsp3) is 0.0870. The molecule has 2 heterocycles. The Morgan fingerprint density at radius 1 is 0.633 bits per heavy atom. The molecule has 2 aliphatic carbocycles. The first-order chi connectivity index (χ1) is 24.3. The van der Waals surface area contributed by atoms with Crippen molar-refractivity contribution in [3.8, 4) is 28.1 Å². The molecule has 0 saturated carbocycles. The minimum atomic E-state index is 0.0738. The van der Waals surface area contributed by atoms with Crippen molar-refractivity contribution >= 4 is 38.2 Å². The van der Waals surface area contributed by atoms with Crippen LogP contribution in [0.4, 0.5) is 0 Å². The summed E-state index contributed by atoms with van der Waals surface area (Å²) in [6.07, 6.45) is 18.6. The van der Waals surface area contributed by atoms with Gasteiger partial charge < -0.3 is 4.74 Å². The second kappa shape index (κ2) is 11.3. The predicted octanol–water partition coefficient (Wildman–Crippen LogP) is 11.4. The summed E-state index contributed by atoms with van der Waals surface area (Å²) in [5.41, 5.74) is 11.2. The molecule has 3 aliphatic rings. The topological polar surface area (TPSA) is 35.0 Å². The number of rotatable bonds is 4. The van der Waals surface area contributed by atoms with E-state index in [-0.39, 0.29) is 17.9 Å². The van der Waals surface area contributed by atoms with Gasteiger partial charge in [-0.25, -0.2) is 4.98 Å². The zero-order valence-corrected chi connectivity index (χ0v) is 26.8. The maximum atomic E-state index is 6.49. The molecule has 7 aromatic rings. The Balaban J connectivity index is 0.994. The summed E-state index contributed by atoms with van der Waals surface area (Å²) in [6.45, 7) is 0. The number of nitrogens with zero attached hydrogens (tertiary/aromatic N) is 2. The Morgan fingerprint density at radius 2 is 1.37 bits per heavy atom. The fourth-order valence-corrected chi connectivity index (χ4v) is 7.96. The summed E-state index contributed by atoms with van der Waals surface area (Å²) < 4.78 is 6.49. The Bertz CT molecular complexity index is 2550. The first kappa shape index (κ1) is 28.0. The highest BCUT2D eigenvalue weighted by Crippen LogP contribution is 2.47. The molecule has 3 nitrogen and oxygen atoms in total. The number of allylic oxidation sites excluding steroid dienone is 6. The van der Waals surface area contributed by atoms with Crippen LogP contribution in [0.1, 0.15) is 34.9 Å². The lowest BCUT2D eigenvalue weighted by molar-refractivity contribution is 0.270. The van der Waals surface area contributed by atoms with Crippen LogP contribution < -0.4 is 4.74 Å². The van der Waals surface area contributed by atoms with Crippen LogP contribution in [0.5, 0.6) is 5.75 Å². The summed E-state index contributed by atoms with van der Waals surface area (Å²) in [4.78, 5) is 10.3. The summed E-state index contributed by atoms with van der Waals surface area (Å²) in [5, 5.41) is 4.68. The van der Waals surface area contributed by atoms with Gasteiger partial charge in [0, 0.05) is 39.3 Å². The molecule has 0 radical (unpaired) electrons. The number of aromatic nitrogens is 2. The number of hydrogen-bond donors (Lipinski definition) is 0. The van der Waals surface area contributed by atoms with Crippen molar-refractivity contribution < 1.29 is 4.74 Å². The Kier molecular flexibility index (Phi) is 6.45. The molecular weight excluding hydrogens is 597 g/mol. The van der Waals surface area contributed by atoms with E-state index in [1.54, 1.807) is 0 Å². The maximum Gasteiger partial charge on any atom is 0.132 e. The van der Waals surface area contributed by atoms with Gasteiger partial charge >= 0.3 is 0 Å². The number of benzene rings is 6. The van der Waals surface area contributed by atoms with Crippen LogP contribution in [0.2, 0.25) is 0 Å². The normalized spacial score (nSPS) is 19.2. The van der Waals surface area contributed by atoms with Crippen molar-refractivity contribution in [2.24, 2.45) is 0 Å². The first-order valence-corrected chi connectivity index (χ1v) is 17.1. The molecule has 3 heteroatoms. The Labute approximate surface area is 285 Å². The highest BCUT2D eigenvalue weighted by atomic mass is 16.5. The predicted molar refractivity (Wildman–Crippen MR) is 202 cm³/mol. The highest BCUT2D eigenvalue weighted by molar-refractivity contribution is 6.23. The van der Waals surface area contributed by atoms with Crippen LogP contribution >= 0.6 is 0 Å². The van der Waals surface area contributed by atoms with Gasteiger partial charge in [0.05, 0.1) is 22.9 Å². The molecule has 0 fully saturated rings. The summed E-state index contributed by atoms with van der Waals surface area (Å²) in [5.74, 6) is 1.54. The molecule has 0 bridgehead atoms. The molecule has 1 aromatic heterocycles. The standard InChI is InChI=1S/C46H32N2O/c1-3-20-39-36(17-1)37-18-2-4-21-40(37)45-44(39)47-28-42(48-45)34-16-9-14-32(27-34)30-12-7-11-29(25-30)31-13-8-15-33(26-31)35-22-10-23-41-38-19-5-6-24-43(38)49-46(35)41/h1-11,13-28,30,38,43H,12H2/t30-,38?,43-/m1/s1. The average molecular weight is 629 g/mol. The van der Waals surface area contributed by atoms with Crippen LogP contribution in [-0.2, 0) is 0 Å². The minimum absolute atomic E-state index is 0.0738. The van der Waals surface area contributed by atoms with Crippen LogP contribution in [0.3, 0.4) is 0 Å². The number of para-hydroxylation sites is 1. The van der Waals surface area contributed by atoms with E-state index in [4.69, 9.17) is 14.7 Å². The second-order valence-electron chi connectivity index (χ2n) is 13.2. The first-order valence-electron chi connectivity index (χ1n) is 17.1. The van der Waals surface area contributed by atoms with E-state index in [0.717, 1.165) is 50.8 Å². The lowest BCUT2D eigenvalue weighted by Crippen LogP contribution is -2.15. The van der Waals surface area contributed by atoms with E-state index in [2.05, 4.69) is 158 Å². The van der Waals surface area contributed by atoms with Gasteiger partial charge in [-0.1, -0.05) is 140 Å². The van der Waals surface area contributed by atoms with Gasteiger partial charge in [0.2, 0.25) is 0 Å². The monoisotopic (exact) mass is 628 g/mol. The zero-order valence-electron chi connectivity index (χ0n) is 26.8. The lowest BCUT2D eigenvalue weighted by Gasteiger charge is -2.19. The van der Waals surface area contributed by atoms with E-state index in [0.29, 0.717) is 0 Å². The summed E-state index contributed by atoms with van der Waals surface area (Å²) in [6, 6.07) is 41.3. The van der Waals surface area contributed by atoms with Gasteiger partial charge in [0.15, 0.2) is 0 Å². The smallest absolute Gasteiger partial charge is 0.132 e. The van der Waals surface area contributed by atoms with Gasteiger partial charge in [-0.3, -0.25) is 4.98 Å². The van der Waals surface area contributed by atoms with Crippen LogP contribution in [0.15, 0.2) is 164 Å². The van der Waals surface area contributed by atoms with Gasteiger partial charge in [-0.2, -0.15) is 0 Å². The van der Waals surface area contributed by atoms with Crippen molar-refractivity contribution in [2.75, 3.05) is 0 Å². The molecule has 232 valence electrons. The summed E-state index contributed by atoms with van der Waals surface area (Å²) >= 11 is 0. The highest BCUT2D eigenvalue weighted by Gasteiger charge is 2.33. The zero-order chi connectivity index (χ0) is 32.3. The molecule has 49 heavy (non-hydrogen) atoms. The molecule has 0 amide bonds. The number of ether oxygens (including phenoxy) is 1. The minimum Gasteiger partial charge on any atom is -0.484 e. The molecule has 3 atom stereocenters. The van der Waals surface area contributed by atoms with E-state index in [9.17, 15) is 0 Å². The second-order valence-corrected chi connectivity index (χ2v) is 13.2. The Morgan fingerprint density at radius 3 is 2.24 bits per heavy atom. The maximum absolute atomic E-state index is 6.49. The van der Waals surface area contributed by atoms with Gasteiger partial charge in [-0.05, 0) is 57.7 Å². The third-order valence-corrected chi connectivity index (χ3v) is 10.4. The number of fused-ring (bicyclic) bond motifs is 9. The van der Waals surface area contributed by atoms with Crippen LogP contribution in [-0.4, -0.2) is 16.1 Å². The Hall–Kier alpha value is -6.06. The quantitative estimate of drug-likeness (QED) is 0.182. The molecule has 6 aromatic carbocycles. The van der Waals surface area contributed by atoms with Gasteiger partial charge in [0.25, 0.3) is 0 Å². The molecule has 10 rings (SSSR count). The van der Waals surface area contributed by atoms with Crippen molar-refractivity contribution in [2.45, 2.75) is 24.4 Å². The van der Waals surface area contributed by atoms with Crippen molar-refractivity contribution in [1.82, 2.24) is 9.97 Å². The van der Waals surface area contributed by atoms with E-state index in [1.807, 2.05) is 6.20 Å². The average Bonchev–Trinajstić information content (AvgIpc) is 3.57. The van der Waals surface area contributed by atoms with E-state index >= 15 is 0 Å². The van der Waals surface area contributed by atoms with Gasteiger partial charge in [-0.15, -0.1) is 0 Å².